The standard InChI is InChI=1S/C16H20N2O2/c1-20-14-5-6-15-13(11-14)7-9-18(15)10-8-17-16(19)12-3-2-4-12/h5-7,9,11-12H,2-4,8,10H2,1H3,(H,17,19). The monoisotopic (exact) mass is 272 g/mol. The first-order chi connectivity index (χ1) is 9.78. The fourth-order valence-corrected chi connectivity index (χ4v) is 2.61. The molecule has 0 spiro atoms. The van der Waals surface area contributed by atoms with Crippen molar-refractivity contribution in [1.29, 1.82) is 0 Å². The highest BCUT2D eigenvalue weighted by Crippen LogP contribution is 2.26. The van der Waals surface area contributed by atoms with Gasteiger partial charge >= 0.3 is 0 Å². The number of methoxy groups -OCH3 is 1. The van der Waals surface area contributed by atoms with Gasteiger partial charge in [0.15, 0.2) is 0 Å². The first-order valence-electron chi connectivity index (χ1n) is 7.18. The van der Waals surface area contributed by atoms with Gasteiger partial charge in [0.2, 0.25) is 5.91 Å². The van der Waals surface area contributed by atoms with E-state index in [1.54, 1.807) is 7.11 Å². The van der Waals surface area contributed by atoms with Gasteiger partial charge in [-0.1, -0.05) is 6.42 Å². The van der Waals surface area contributed by atoms with Crippen LogP contribution in [-0.2, 0) is 11.3 Å². The summed E-state index contributed by atoms with van der Waals surface area (Å²) < 4.78 is 7.39. The van der Waals surface area contributed by atoms with Crippen LogP contribution < -0.4 is 10.1 Å². The zero-order valence-electron chi connectivity index (χ0n) is 11.8. The summed E-state index contributed by atoms with van der Waals surface area (Å²) in [6.45, 7) is 1.49. The molecule has 1 N–H and O–H groups in total. The highest BCUT2D eigenvalue weighted by Gasteiger charge is 2.24. The van der Waals surface area contributed by atoms with Crippen molar-refractivity contribution in [1.82, 2.24) is 9.88 Å². The van der Waals surface area contributed by atoms with Crippen molar-refractivity contribution in [2.24, 2.45) is 5.92 Å². The lowest BCUT2D eigenvalue weighted by molar-refractivity contribution is -0.127. The molecule has 1 aromatic carbocycles. The molecule has 0 radical (unpaired) electrons. The molecule has 0 unspecified atom stereocenters. The molecule has 1 aliphatic carbocycles. The Morgan fingerprint density at radius 3 is 2.95 bits per heavy atom. The summed E-state index contributed by atoms with van der Waals surface area (Å²) in [6, 6.07) is 8.12. The van der Waals surface area contributed by atoms with Crippen LogP contribution in [0.25, 0.3) is 10.9 Å². The summed E-state index contributed by atoms with van der Waals surface area (Å²) in [5.74, 6) is 1.35. The van der Waals surface area contributed by atoms with Crippen molar-refractivity contribution in [2.75, 3.05) is 13.7 Å². The lowest BCUT2D eigenvalue weighted by Gasteiger charge is -2.24. The number of nitrogens with zero attached hydrogens (tertiary/aromatic N) is 1. The van der Waals surface area contributed by atoms with E-state index in [4.69, 9.17) is 4.74 Å². The van der Waals surface area contributed by atoms with Gasteiger partial charge in [-0.05, 0) is 37.1 Å². The van der Waals surface area contributed by atoms with Gasteiger partial charge < -0.3 is 14.6 Å². The Bertz CT molecular complexity index is 614. The summed E-state index contributed by atoms with van der Waals surface area (Å²) in [7, 11) is 1.67. The second-order valence-corrected chi connectivity index (χ2v) is 5.35. The number of hydrogen-bond acceptors (Lipinski definition) is 2. The van der Waals surface area contributed by atoms with Crippen LogP contribution in [0.3, 0.4) is 0 Å². The van der Waals surface area contributed by atoms with Gasteiger partial charge in [-0.25, -0.2) is 0 Å². The number of ether oxygens (including phenoxy) is 1. The van der Waals surface area contributed by atoms with Gasteiger partial charge in [0.1, 0.15) is 5.75 Å². The molecule has 3 rings (SSSR count). The van der Waals surface area contributed by atoms with Crippen LogP contribution in [0.4, 0.5) is 0 Å². The second-order valence-electron chi connectivity index (χ2n) is 5.35. The fraction of sp³-hybridized carbons (Fsp3) is 0.438. The number of hydrogen-bond donors (Lipinski definition) is 1. The van der Waals surface area contributed by atoms with Crippen LogP contribution in [-0.4, -0.2) is 24.1 Å². The highest BCUT2D eigenvalue weighted by atomic mass is 16.5. The van der Waals surface area contributed by atoms with Gasteiger partial charge in [0.05, 0.1) is 7.11 Å². The van der Waals surface area contributed by atoms with Gasteiger partial charge in [-0.15, -0.1) is 0 Å². The van der Waals surface area contributed by atoms with E-state index in [1.807, 2.05) is 12.1 Å². The third-order valence-corrected chi connectivity index (χ3v) is 4.11. The third kappa shape index (κ3) is 2.50. The maximum atomic E-state index is 11.8. The van der Waals surface area contributed by atoms with Crippen LogP contribution >= 0.6 is 0 Å². The van der Waals surface area contributed by atoms with E-state index in [2.05, 4.69) is 28.2 Å². The second kappa shape index (κ2) is 5.57. The van der Waals surface area contributed by atoms with Crippen molar-refractivity contribution < 1.29 is 9.53 Å². The van der Waals surface area contributed by atoms with E-state index in [9.17, 15) is 4.79 Å². The smallest absolute Gasteiger partial charge is 0.223 e. The Labute approximate surface area is 118 Å². The first kappa shape index (κ1) is 13.0. The van der Waals surface area contributed by atoms with Crippen molar-refractivity contribution in [3.05, 3.63) is 30.5 Å². The van der Waals surface area contributed by atoms with E-state index < -0.39 is 0 Å². The molecular formula is C16H20N2O2. The zero-order valence-corrected chi connectivity index (χ0v) is 11.8. The lowest BCUT2D eigenvalue weighted by atomic mass is 9.85. The molecule has 0 saturated heterocycles. The molecule has 106 valence electrons. The molecule has 2 aromatic rings. The fourth-order valence-electron chi connectivity index (χ4n) is 2.61. The SMILES string of the molecule is COc1ccc2c(ccn2CCNC(=O)C2CCC2)c1. The minimum Gasteiger partial charge on any atom is -0.497 e. The number of nitrogens with one attached hydrogen (secondary N) is 1. The molecule has 1 saturated carbocycles. The average molecular weight is 272 g/mol. The Morgan fingerprint density at radius 2 is 2.25 bits per heavy atom. The van der Waals surface area contributed by atoms with E-state index in [0.29, 0.717) is 6.54 Å². The highest BCUT2D eigenvalue weighted by molar-refractivity contribution is 5.82. The molecule has 4 nitrogen and oxygen atoms in total. The molecule has 0 bridgehead atoms. The molecule has 4 heteroatoms. The Morgan fingerprint density at radius 1 is 1.40 bits per heavy atom. The molecule has 0 atom stereocenters. The van der Waals surface area contributed by atoms with Gasteiger partial charge in [-0.3, -0.25) is 4.79 Å². The summed E-state index contributed by atoms with van der Waals surface area (Å²) in [4.78, 5) is 11.8. The summed E-state index contributed by atoms with van der Waals surface area (Å²) in [5.41, 5.74) is 1.17. The minimum atomic E-state index is 0.217. The van der Waals surface area contributed by atoms with Crippen LogP contribution in [0.1, 0.15) is 19.3 Å². The van der Waals surface area contributed by atoms with Gasteiger partial charge in [-0.2, -0.15) is 0 Å². The van der Waals surface area contributed by atoms with Crippen molar-refractivity contribution in [3.8, 4) is 5.75 Å². The molecular weight excluding hydrogens is 252 g/mol. The minimum absolute atomic E-state index is 0.217. The molecule has 20 heavy (non-hydrogen) atoms. The zero-order chi connectivity index (χ0) is 13.9. The van der Waals surface area contributed by atoms with E-state index >= 15 is 0 Å². The average Bonchev–Trinajstić information content (AvgIpc) is 2.79. The predicted octanol–water partition coefficient (Wildman–Crippen LogP) is 2.57. The van der Waals surface area contributed by atoms with Crippen molar-refractivity contribution in [2.45, 2.75) is 25.8 Å². The maximum Gasteiger partial charge on any atom is 0.223 e. The molecule has 1 heterocycles. The van der Waals surface area contributed by atoms with Crippen LogP contribution in [0.15, 0.2) is 30.5 Å². The van der Waals surface area contributed by atoms with Crippen LogP contribution in [0, 0.1) is 5.92 Å². The van der Waals surface area contributed by atoms with Crippen molar-refractivity contribution in [3.63, 3.8) is 0 Å². The molecule has 1 fully saturated rings. The summed E-state index contributed by atoms with van der Waals surface area (Å²) in [6.07, 6.45) is 5.36. The number of carbonyl (C=O) groups is 1. The molecule has 1 aromatic heterocycles. The van der Waals surface area contributed by atoms with Crippen LogP contribution in [0.2, 0.25) is 0 Å². The molecule has 1 aliphatic rings. The maximum absolute atomic E-state index is 11.8. The number of fused-ring (bicyclic) bond motifs is 1. The molecule has 1 amide bonds. The number of amides is 1. The Balaban J connectivity index is 1.61. The summed E-state index contributed by atoms with van der Waals surface area (Å²) in [5, 5.41) is 4.19. The third-order valence-electron chi connectivity index (χ3n) is 4.11. The number of aromatic nitrogens is 1. The quantitative estimate of drug-likeness (QED) is 0.909. The van der Waals surface area contributed by atoms with Crippen LogP contribution in [0.5, 0.6) is 5.75 Å². The van der Waals surface area contributed by atoms with E-state index in [-0.39, 0.29) is 11.8 Å². The number of carbonyl (C=O) groups excluding carboxylic acids is 1. The predicted molar refractivity (Wildman–Crippen MR) is 78.8 cm³/mol. The molecule has 0 aliphatic heterocycles. The normalized spacial score (nSPS) is 15.1. The van der Waals surface area contributed by atoms with E-state index in [0.717, 1.165) is 30.5 Å². The first-order valence-corrected chi connectivity index (χ1v) is 7.18. The van der Waals surface area contributed by atoms with Crippen molar-refractivity contribution >= 4 is 16.8 Å². The summed E-state index contributed by atoms with van der Waals surface area (Å²) >= 11 is 0. The number of rotatable bonds is 5. The Hall–Kier alpha value is -1.97. The largest absolute Gasteiger partial charge is 0.497 e. The van der Waals surface area contributed by atoms with Gasteiger partial charge in [0, 0.05) is 36.1 Å². The topological polar surface area (TPSA) is 43.3 Å². The lowest BCUT2D eigenvalue weighted by Crippen LogP contribution is -2.36. The van der Waals surface area contributed by atoms with E-state index in [1.165, 1.54) is 11.9 Å². The Kier molecular flexibility index (Phi) is 3.63. The van der Waals surface area contributed by atoms with Gasteiger partial charge in [0.25, 0.3) is 0 Å². The number of benzene rings is 1.